The summed E-state index contributed by atoms with van der Waals surface area (Å²) in [4.78, 5) is 3.61. The van der Waals surface area contributed by atoms with Crippen molar-refractivity contribution in [1.82, 2.24) is 14.3 Å². The van der Waals surface area contributed by atoms with Crippen molar-refractivity contribution in [2.75, 3.05) is 6.93 Å². The van der Waals surface area contributed by atoms with Gasteiger partial charge in [-0.05, 0) is 49.4 Å². The van der Waals surface area contributed by atoms with Crippen LogP contribution in [-0.4, -0.2) is 21.2 Å². The zero-order valence-corrected chi connectivity index (χ0v) is 23.2. The van der Waals surface area contributed by atoms with Crippen LogP contribution in [0.15, 0.2) is 42.7 Å². The highest BCUT2D eigenvalue weighted by atomic mass is 32.2. The Hall–Kier alpha value is -2.13. The number of alkyl halides is 5. The van der Waals surface area contributed by atoms with Gasteiger partial charge in [0, 0.05) is 46.7 Å². The van der Waals surface area contributed by atoms with E-state index in [2.05, 4.69) is 62.0 Å². The molecular weight excluding hydrogens is 493 g/mol. The van der Waals surface area contributed by atoms with Crippen LogP contribution in [0, 0.1) is 5.41 Å². The first-order valence-corrected chi connectivity index (χ1v) is 12.6. The second-order valence-corrected chi connectivity index (χ2v) is 11.8. The van der Waals surface area contributed by atoms with E-state index in [1.807, 2.05) is 26.0 Å². The smallest absolute Gasteiger partial charge is 0.347 e. The molecule has 3 rings (SSSR count). The van der Waals surface area contributed by atoms with Crippen molar-refractivity contribution in [1.29, 1.82) is 0 Å². The SMILES string of the molecule is CC.CC(C)(C)Cn1cc(CNSC(C)(C)C)c2ccc(-c3cccnc3C(F)(F)F)cc21.FCF. The number of nitrogens with one attached hydrogen (secondary N) is 1. The number of hydrogen-bond donors (Lipinski definition) is 1. The van der Waals surface area contributed by atoms with Gasteiger partial charge in [-0.15, -0.1) is 0 Å². The van der Waals surface area contributed by atoms with Crippen LogP contribution >= 0.6 is 11.9 Å². The van der Waals surface area contributed by atoms with Gasteiger partial charge in [0.25, 0.3) is 0 Å². The average molecular weight is 532 g/mol. The summed E-state index contributed by atoms with van der Waals surface area (Å²) in [6, 6.07) is 8.57. The average Bonchev–Trinajstić information content (AvgIpc) is 3.09. The summed E-state index contributed by atoms with van der Waals surface area (Å²) >= 11 is 1.67. The quantitative estimate of drug-likeness (QED) is 0.263. The van der Waals surface area contributed by atoms with Gasteiger partial charge in [-0.2, -0.15) is 13.2 Å². The molecule has 0 fully saturated rings. The van der Waals surface area contributed by atoms with Crippen molar-refractivity contribution in [2.45, 2.75) is 79.4 Å². The van der Waals surface area contributed by atoms with Gasteiger partial charge in [-0.25, -0.2) is 8.78 Å². The third-order valence-corrected chi connectivity index (χ3v) is 5.54. The van der Waals surface area contributed by atoms with Crippen molar-refractivity contribution in [3.8, 4) is 11.1 Å². The lowest BCUT2D eigenvalue weighted by atomic mass is 9.96. The zero-order chi connectivity index (χ0) is 27.7. The molecular formula is C27H38F5N3S. The highest BCUT2D eigenvalue weighted by Crippen LogP contribution is 2.37. The second-order valence-electron chi connectivity index (χ2n) is 10.1. The van der Waals surface area contributed by atoms with E-state index in [4.69, 9.17) is 0 Å². The van der Waals surface area contributed by atoms with Crippen LogP contribution in [0.25, 0.3) is 22.0 Å². The fraction of sp³-hybridized carbons (Fsp3) is 0.519. The fourth-order valence-electron chi connectivity index (χ4n) is 3.51. The number of aromatic nitrogens is 2. The Morgan fingerprint density at radius 2 is 1.58 bits per heavy atom. The number of pyridine rings is 1. The number of hydrogen-bond acceptors (Lipinski definition) is 3. The zero-order valence-electron chi connectivity index (χ0n) is 22.4. The van der Waals surface area contributed by atoms with Crippen LogP contribution in [0.4, 0.5) is 22.0 Å². The lowest BCUT2D eigenvalue weighted by molar-refractivity contribution is -0.140. The fourth-order valence-corrected chi connectivity index (χ4v) is 4.17. The van der Waals surface area contributed by atoms with Gasteiger partial charge in [-0.3, -0.25) is 9.71 Å². The molecule has 0 radical (unpaired) electrons. The third kappa shape index (κ3) is 9.73. The molecule has 9 heteroatoms. The predicted octanol–water partition coefficient (Wildman–Crippen LogP) is 9.21. The summed E-state index contributed by atoms with van der Waals surface area (Å²) in [5.41, 5.74) is 1.85. The first-order valence-electron chi connectivity index (χ1n) is 11.8. The summed E-state index contributed by atoms with van der Waals surface area (Å²) in [6.07, 6.45) is -1.20. The van der Waals surface area contributed by atoms with Crippen LogP contribution in [0.3, 0.4) is 0 Å². The molecule has 0 saturated carbocycles. The summed E-state index contributed by atoms with van der Waals surface area (Å²) in [5, 5.41) is 1.05. The predicted molar refractivity (Wildman–Crippen MR) is 142 cm³/mol. The molecule has 0 spiro atoms. The van der Waals surface area contributed by atoms with Gasteiger partial charge in [-0.1, -0.05) is 64.8 Å². The molecule has 0 atom stereocenters. The van der Waals surface area contributed by atoms with E-state index < -0.39 is 18.8 Å². The molecule has 1 N–H and O–H groups in total. The van der Waals surface area contributed by atoms with Crippen LogP contribution in [0.1, 0.15) is 66.6 Å². The molecule has 1 aromatic carbocycles. The lowest BCUT2D eigenvalue weighted by Gasteiger charge is -2.20. The minimum absolute atomic E-state index is 0.0260. The van der Waals surface area contributed by atoms with Crippen LogP contribution < -0.4 is 4.72 Å². The van der Waals surface area contributed by atoms with Crippen molar-refractivity contribution in [2.24, 2.45) is 5.41 Å². The minimum atomic E-state index is -4.50. The Kier molecular flexibility index (Phi) is 11.9. The number of fused-ring (bicyclic) bond motifs is 1. The molecule has 0 saturated heterocycles. The van der Waals surface area contributed by atoms with Gasteiger partial charge in [0.05, 0.1) is 0 Å². The van der Waals surface area contributed by atoms with Gasteiger partial charge in [0.15, 0.2) is 5.69 Å². The molecule has 202 valence electrons. The molecule has 3 nitrogen and oxygen atoms in total. The van der Waals surface area contributed by atoms with Crippen molar-refractivity contribution >= 4 is 22.9 Å². The number of halogens is 5. The summed E-state index contributed by atoms with van der Waals surface area (Å²) in [7, 11) is 0. The van der Waals surface area contributed by atoms with Crippen LogP contribution in [-0.2, 0) is 19.3 Å². The molecule has 0 aliphatic carbocycles. The minimum Gasteiger partial charge on any atom is -0.347 e. The van der Waals surface area contributed by atoms with Gasteiger partial charge < -0.3 is 4.57 Å². The molecule has 36 heavy (non-hydrogen) atoms. The molecule has 3 aromatic rings. The highest BCUT2D eigenvalue weighted by Gasteiger charge is 2.35. The first kappa shape index (κ1) is 31.9. The van der Waals surface area contributed by atoms with E-state index >= 15 is 0 Å². The van der Waals surface area contributed by atoms with Crippen LogP contribution in [0.5, 0.6) is 0 Å². The van der Waals surface area contributed by atoms with E-state index in [0.717, 1.165) is 23.0 Å². The second kappa shape index (κ2) is 13.4. The number of rotatable bonds is 5. The first-order chi connectivity index (χ1) is 16.7. The lowest BCUT2D eigenvalue weighted by Crippen LogP contribution is -2.16. The monoisotopic (exact) mass is 531 g/mol. The Labute approximate surface area is 216 Å². The Balaban J connectivity index is 0.00000120. The molecule has 0 bridgehead atoms. The Bertz CT molecular complexity index is 1080. The van der Waals surface area contributed by atoms with E-state index in [1.165, 1.54) is 12.3 Å². The third-order valence-electron chi connectivity index (χ3n) is 4.64. The molecule has 0 unspecified atom stereocenters. The van der Waals surface area contributed by atoms with Gasteiger partial charge >= 0.3 is 6.18 Å². The molecule has 0 aliphatic rings. The van der Waals surface area contributed by atoms with E-state index in [1.54, 1.807) is 24.1 Å². The summed E-state index contributed by atoms with van der Waals surface area (Å²) in [5.74, 6) is 0. The maximum Gasteiger partial charge on any atom is 0.433 e. The summed E-state index contributed by atoms with van der Waals surface area (Å²) in [6.45, 7) is 16.6. The number of nitrogens with zero attached hydrogens (tertiary/aromatic N) is 2. The Morgan fingerprint density at radius 1 is 0.972 bits per heavy atom. The molecule has 2 aromatic heterocycles. The van der Waals surface area contributed by atoms with Gasteiger partial charge in [0.1, 0.15) is 0 Å². The topological polar surface area (TPSA) is 29.9 Å². The van der Waals surface area contributed by atoms with E-state index in [0.29, 0.717) is 12.1 Å². The van der Waals surface area contributed by atoms with E-state index in [9.17, 15) is 22.0 Å². The highest BCUT2D eigenvalue weighted by molar-refractivity contribution is 7.98. The van der Waals surface area contributed by atoms with E-state index in [-0.39, 0.29) is 15.7 Å². The van der Waals surface area contributed by atoms with Crippen molar-refractivity contribution in [3.63, 3.8) is 0 Å². The molecule has 2 heterocycles. The Morgan fingerprint density at radius 3 is 2.11 bits per heavy atom. The standard InChI is InChI=1S/C24H30F3N3S.C2H6.CH2F2/c1-22(2,3)15-30-14-17(13-29-31-23(4,5)6)18-10-9-16(12-20(18)30)19-8-7-11-28-21(19)24(25,26)27;1-2;2-1-3/h7-12,14,29H,13,15H2,1-6H3;1-2H3;1H2. The van der Waals surface area contributed by atoms with Crippen molar-refractivity contribution in [3.05, 3.63) is 54.0 Å². The summed E-state index contributed by atoms with van der Waals surface area (Å²) < 4.78 is 65.5. The maximum absolute atomic E-state index is 13.5. The number of benzene rings is 1. The molecule has 0 amide bonds. The van der Waals surface area contributed by atoms with Crippen LogP contribution in [0.2, 0.25) is 0 Å². The maximum atomic E-state index is 13.5. The van der Waals surface area contributed by atoms with Crippen molar-refractivity contribution < 1.29 is 22.0 Å². The normalized spacial score (nSPS) is 12.0. The van der Waals surface area contributed by atoms with Gasteiger partial charge in [0.2, 0.25) is 6.93 Å². The largest absolute Gasteiger partial charge is 0.433 e. The molecule has 0 aliphatic heterocycles.